The highest BCUT2D eigenvalue weighted by Crippen LogP contribution is 2.42. The maximum Gasteiger partial charge on any atom is 0.165 e. The second-order valence-corrected chi connectivity index (χ2v) is 14.6. The summed E-state index contributed by atoms with van der Waals surface area (Å²) in [6.45, 7) is 0. The van der Waals surface area contributed by atoms with Crippen LogP contribution in [0.3, 0.4) is 0 Å². The number of rotatable bonds is 5. The monoisotopic (exact) mass is 707 g/mol. The van der Waals surface area contributed by atoms with Crippen molar-refractivity contribution in [1.82, 2.24) is 15.0 Å². The molecule has 0 radical (unpaired) electrons. The molecule has 0 N–H and O–H groups in total. The Balaban J connectivity index is 1.12. The van der Waals surface area contributed by atoms with Gasteiger partial charge in [-0.15, -0.1) is 11.3 Å². The lowest BCUT2D eigenvalue weighted by molar-refractivity contribution is 0.673. The van der Waals surface area contributed by atoms with Gasteiger partial charge < -0.3 is 4.42 Å². The zero-order valence-corrected chi connectivity index (χ0v) is 29.7. The normalized spacial score (nSPS) is 11.7. The highest BCUT2D eigenvalue weighted by atomic mass is 32.1. The summed E-state index contributed by atoms with van der Waals surface area (Å²) in [6.07, 6.45) is 0. The van der Waals surface area contributed by atoms with Crippen molar-refractivity contribution in [2.24, 2.45) is 0 Å². The van der Waals surface area contributed by atoms with Gasteiger partial charge in [0.25, 0.3) is 0 Å². The third kappa shape index (κ3) is 5.01. The van der Waals surface area contributed by atoms with Crippen LogP contribution in [0.2, 0.25) is 0 Å². The number of benzene rings is 8. The summed E-state index contributed by atoms with van der Waals surface area (Å²) in [5.41, 5.74) is 9.06. The summed E-state index contributed by atoms with van der Waals surface area (Å²) in [6, 6.07) is 61.5. The van der Waals surface area contributed by atoms with E-state index >= 15 is 0 Å². The Kier molecular flexibility index (Phi) is 7.00. The molecular weight excluding hydrogens is 679 g/mol. The Morgan fingerprint density at radius 3 is 1.78 bits per heavy atom. The number of nitrogens with zero attached hydrogens (tertiary/aromatic N) is 3. The van der Waals surface area contributed by atoms with Gasteiger partial charge in [-0.05, 0) is 64.0 Å². The predicted octanol–water partition coefficient (Wildman–Crippen LogP) is 13.6. The Bertz CT molecular complexity index is 3220. The summed E-state index contributed by atoms with van der Waals surface area (Å²) >= 11 is 1.78. The highest BCUT2D eigenvalue weighted by Gasteiger charge is 2.19. The van der Waals surface area contributed by atoms with Gasteiger partial charge in [-0.1, -0.05) is 140 Å². The van der Waals surface area contributed by atoms with Crippen LogP contribution in [0, 0.1) is 0 Å². The first-order valence-corrected chi connectivity index (χ1v) is 18.8. The first-order valence-electron chi connectivity index (χ1n) is 18.0. The first-order chi connectivity index (χ1) is 26.7. The summed E-state index contributed by atoms with van der Waals surface area (Å²) in [5, 5.41) is 6.83. The average Bonchev–Trinajstić information content (AvgIpc) is 3.82. The molecule has 3 heterocycles. The summed E-state index contributed by atoms with van der Waals surface area (Å²) in [4.78, 5) is 15.6. The van der Waals surface area contributed by atoms with Crippen LogP contribution < -0.4 is 0 Å². The number of furan rings is 1. The van der Waals surface area contributed by atoms with Crippen molar-refractivity contribution < 1.29 is 4.42 Å². The molecule has 0 saturated heterocycles. The van der Waals surface area contributed by atoms with Crippen molar-refractivity contribution in [2.75, 3.05) is 0 Å². The fraction of sp³-hybridized carbons (Fsp3) is 0. The molecule has 0 saturated carbocycles. The zero-order valence-electron chi connectivity index (χ0n) is 28.9. The van der Waals surface area contributed by atoms with E-state index in [-0.39, 0.29) is 0 Å². The fourth-order valence-electron chi connectivity index (χ4n) is 7.74. The van der Waals surface area contributed by atoms with Crippen LogP contribution in [0.15, 0.2) is 180 Å². The van der Waals surface area contributed by atoms with E-state index in [0.717, 1.165) is 65.2 Å². The van der Waals surface area contributed by atoms with Crippen molar-refractivity contribution in [3.63, 3.8) is 0 Å². The average molecular weight is 708 g/mol. The molecule has 11 aromatic rings. The number of thiophene rings is 1. The topological polar surface area (TPSA) is 51.8 Å². The zero-order chi connectivity index (χ0) is 35.6. The molecule has 0 aliphatic carbocycles. The minimum Gasteiger partial charge on any atom is -0.455 e. The van der Waals surface area contributed by atoms with Gasteiger partial charge in [0, 0.05) is 53.0 Å². The van der Waals surface area contributed by atoms with Crippen molar-refractivity contribution >= 4 is 64.2 Å². The van der Waals surface area contributed by atoms with Gasteiger partial charge in [0.05, 0.1) is 0 Å². The second kappa shape index (κ2) is 12.3. The van der Waals surface area contributed by atoms with Crippen LogP contribution in [0.4, 0.5) is 0 Å². The quantitative estimate of drug-likeness (QED) is 0.179. The van der Waals surface area contributed by atoms with Crippen molar-refractivity contribution in [1.29, 1.82) is 0 Å². The summed E-state index contributed by atoms with van der Waals surface area (Å²) < 4.78 is 9.14. The standard InChI is InChI=1S/C49H29N3OS/c1-3-13-30(14-4-1)32-17-11-18-33(27-32)47-50-48(52-49(51-47)40-23-12-22-39-37-20-9-10-24-44(37)54-46(39)40)34-25-26-36-42-29-41(31-15-5-2-6-16-31)35-19-7-8-21-38(35)45(42)53-43(36)28-34/h1-29H. The SMILES string of the molecule is c1ccc(-c2cccc(-c3nc(-c4ccc5c(c4)oc4c6ccccc6c(-c6ccccc6)cc54)nc(-c4cccc5c4sc4ccccc45)n3)c2)cc1. The fourth-order valence-corrected chi connectivity index (χ4v) is 8.95. The molecule has 0 bridgehead atoms. The Morgan fingerprint density at radius 1 is 0.352 bits per heavy atom. The molecule has 0 amide bonds. The van der Waals surface area contributed by atoms with E-state index in [0.29, 0.717) is 17.5 Å². The molecule has 0 aliphatic rings. The second-order valence-electron chi connectivity index (χ2n) is 13.6. The third-order valence-electron chi connectivity index (χ3n) is 10.3. The van der Waals surface area contributed by atoms with Crippen LogP contribution in [0.1, 0.15) is 0 Å². The maximum absolute atomic E-state index is 6.74. The maximum atomic E-state index is 6.74. The molecule has 0 spiro atoms. The molecule has 5 heteroatoms. The summed E-state index contributed by atoms with van der Waals surface area (Å²) in [5.74, 6) is 1.85. The smallest absolute Gasteiger partial charge is 0.165 e. The van der Waals surface area contributed by atoms with E-state index < -0.39 is 0 Å². The van der Waals surface area contributed by atoms with E-state index in [1.807, 2.05) is 6.07 Å². The molecule has 11 rings (SSSR count). The van der Waals surface area contributed by atoms with Crippen molar-refractivity contribution in [2.45, 2.75) is 0 Å². The van der Waals surface area contributed by atoms with Gasteiger partial charge in [-0.2, -0.15) is 0 Å². The van der Waals surface area contributed by atoms with Crippen molar-refractivity contribution in [3.05, 3.63) is 176 Å². The van der Waals surface area contributed by atoms with Crippen LogP contribution in [-0.4, -0.2) is 15.0 Å². The van der Waals surface area contributed by atoms with Crippen LogP contribution in [0.25, 0.3) is 109 Å². The Hall–Kier alpha value is -6.95. The minimum absolute atomic E-state index is 0.593. The van der Waals surface area contributed by atoms with Gasteiger partial charge in [0.2, 0.25) is 0 Å². The first kappa shape index (κ1) is 30.7. The van der Waals surface area contributed by atoms with Gasteiger partial charge in [-0.25, -0.2) is 15.0 Å². The van der Waals surface area contributed by atoms with E-state index in [9.17, 15) is 0 Å². The third-order valence-corrected chi connectivity index (χ3v) is 11.6. The molecule has 0 aliphatic heterocycles. The molecule has 0 atom stereocenters. The van der Waals surface area contributed by atoms with E-state index in [4.69, 9.17) is 19.4 Å². The van der Waals surface area contributed by atoms with E-state index in [1.54, 1.807) is 11.3 Å². The lowest BCUT2D eigenvalue weighted by Crippen LogP contribution is -2.00. The molecular formula is C49H29N3OS. The van der Waals surface area contributed by atoms with E-state index in [1.165, 1.54) is 26.6 Å². The lowest BCUT2D eigenvalue weighted by Gasteiger charge is -2.10. The van der Waals surface area contributed by atoms with Gasteiger partial charge in [-0.3, -0.25) is 0 Å². The van der Waals surface area contributed by atoms with Gasteiger partial charge >= 0.3 is 0 Å². The van der Waals surface area contributed by atoms with Crippen LogP contribution >= 0.6 is 11.3 Å². The lowest BCUT2D eigenvalue weighted by atomic mass is 9.95. The predicted molar refractivity (Wildman–Crippen MR) is 225 cm³/mol. The number of hydrogen-bond acceptors (Lipinski definition) is 5. The van der Waals surface area contributed by atoms with Gasteiger partial charge in [0.15, 0.2) is 17.5 Å². The number of fused-ring (bicyclic) bond motifs is 8. The molecule has 0 fully saturated rings. The van der Waals surface area contributed by atoms with Crippen LogP contribution in [0.5, 0.6) is 0 Å². The number of hydrogen-bond donors (Lipinski definition) is 0. The largest absolute Gasteiger partial charge is 0.455 e. The number of aromatic nitrogens is 3. The minimum atomic E-state index is 0.593. The molecule has 4 nitrogen and oxygen atoms in total. The molecule has 3 aromatic heterocycles. The Morgan fingerprint density at radius 2 is 0.963 bits per heavy atom. The molecule has 0 unspecified atom stereocenters. The Labute approximate surface area is 314 Å². The highest BCUT2D eigenvalue weighted by molar-refractivity contribution is 7.26. The van der Waals surface area contributed by atoms with Crippen molar-refractivity contribution in [3.8, 4) is 56.4 Å². The summed E-state index contributed by atoms with van der Waals surface area (Å²) in [7, 11) is 0. The van der Waals surface area contributed by atoms with Crippen LogP contribution in [-0.2, 0) is 0 Å². The molecule has 54 heavy (non-hydrogen) atoms. The molecule has 8 aromatic carbocycles. The molecule has 252 valence electrons. The van der Waals surface area contributed by atoms with Gasteiger partial charge in [0.1, 0.15) is 11.2 Å². The van der Waals surface area contributed by atoms with E-state index in [2.05, 4.69) is 170 Å².